The van der Waals surface area contributed by atoms with E-state index >= 15 is 0 Å². The number of rotatable bonds is 3. The molecular formula is C13H19NO. The van der Waals surface area contributed by atoms with Crippen LogP contribution in [0.3, 0.4) is 0 Å². The lowest BCUT2D eigenvalue weighted by Gasteiger charge is -2.20. The van der Waals surface area contributed by atoms with Gasteiger partial charge in [-0.25, -0.2) is 0 Å². The average molecular weight is 205 g/mol. The third-order valence-electron chi connectivity index (χ3n) is 3.07. The molecule has 1 aliphatic heterocycles. The fourth-order valence-electron chi connectivity index (χ4n) is 2.18. The Morgan fingerprint density at radius 3 is 2.87 bits per heavy atom. The summed E-state index contributed by atoms with van der Waals surface area (Å²) in [6.45, 7) is 6.15. The van der Waals surface area contributed by atoms with E-state index in [1.165, 1.54) is 11.1 Å². The molecule has 0 saturated carbocycles. The first-order chi connectivity index (χ1) is 7.27. The molecule has 1 heterocycles. The van der Waals surface area contributed by atoms with Gasteiger partial charge in [0, 0.05) is 18.7 Å². The fourth-order valence-corrected chi connectivity index (χ4v) is 2.18. The van der Waals surface area contributed by atoms with Gasteiger partial charge in [0.15, 0.2) is 0 Å². The molecule has 1 aromatic rings. The van der Waals surface area contributed by atoms with E-state index in [0.717, 1.165) is 19.6 Å². The van der Waals surface area contributed by atoms with Gasteiger partial charge in [0.1, 0.15) is 0 Å². The summed E-state index contributed by atoms with van der Waals surface area (Å²) in [5.41, 5.74) is 2.75. The SMILES string of the molecule is Cc1ccccc1C(C)NC1CCOC1. The number of ether oxygens (including phenoxy) is 1. The standard InChI is InChI=1S/C13H19NO/c1-10-5-3-4-6-13(10)11(2)14-12-7-8-15-9-12/h3-6,11-12,14H,7-9H2,1-2H3. The van der Waals surface area contributed by atoms with Crippen molar-refractivity contribution >= 4 is 0 Å². The second-order valence-corrected chi connectivity index (χ2v) is 4.31. The van der Waals surface area contributed by atoms with Crippen molar-refractivity contribution in [1.82, 2.24) is 5.32 Å². The highest BCUT2D eigenvalue weighted by Crippen LogP contribution is 2.18. The van der Waals surface area contributed by atoms with Crippen molar-refractivity contribution in [3.8, 4) is 0 Å². The monoisotopic (exact) mass is 205 g/mol. The van der Waals surface area contributed by atoms with Crippen LogP contribution in [0.5, 0.6) is 0 Å². The van der Waals surface area contributed by atoms with E-state index in [-0.39, 0.29) is 0 Å². The summed E-state index contributed by atoms with van der Waals surface area (Å²) >= 11 is 0. The molecule has 2 nitrogen and oxygen atoms in total. The summed E-state index contributed by atoms with van der Waals surface area (Å²) < 4.78 is 5.36. The Kier molecular flexibility index (Phi) is 3.39. The first-order valence-electron chi connectivity index (χ1n) is 5.66. The summed E-state index contributed by atoms with van der Waals surface area (Å²) in [5.74, 6) is 0. The highest BCUT2D eigenvalue weighted by Gasteiger charge is 2.18. The van der Waals surface area contributed by atoms with E-state index in [1.54, 1.807) is 0 Å². The van der Waals surface area contributed by atoms with Gasteiger partial charge in [-0.3, -0.25) is 0 Å². The zero-order chi connectivity index (χ0) is 10.7. The topological polar surface area (TPSA) is 21.3 Å². The second kappa shape index (κ2) is 4.77. The van der Waals surface area contributed by atoms with Gasteiger partial charge in [-0.1, -0.05) is 24.3 Å². The summed E-state index contributed by atoms with van der Waals surface area (Å²) in [7, 11) is 0. The summed E-state index contributed by atoms with van der Waals surface area (Å²) in [5, 5.41) is 3.61. The van der Waals surface area contributed by atoms with Gasteiger partial charge in [-0.05, 0) is 31.4 Å². The molecule has 15 heavy (non-hydrogen) atoms. The second-order valence-electron chi connectivity index (χ2n) is 4.31. The van der Waals surface area contributed by atoms with Gasteiger partial charge in [-0.15, -0.1) is 0 Å². The quantitative estimate of drug-likeness (QED) is 0.818. The Balaban J connectivity index is 2.00. The van der Waals surface area contributed by atoms with Crippen LogP contribution in [0.4, 0.5) is 0 Å². The maximum Gasteiger partial charge on any atom is 0.0620 e. The summed E-state index contributed by atoms with van der Waals surface area (Å²) in [6, 6.07) is 9.50. The Hall–Kier alpha value is -0.860. The molecule has 0 amide bonds. The van der Waals surface area contributed by atoms with Crippen molar-refractivity contribution in [2.24, 2.45) is 0 Å². The van der Waals surface area contributed by atoms with Crippen LogP contribution in [0.15, 0.2) is 24.3 Å². The summed E-state index contributed by atoms with van der Waals surface area (Å²) in [6.07, 6.45) is 1.14. The molecule has 82 valence electrons. The molecular weight excluding hydrogens is 186 g/mol. The summed E-state index contributed by atoms with van der Waals surface area (Å²) in [4.78, 5) is 0. The molecule has 2 unspecified atom stereocenters. The minimum Gasteiger partial charge on any atom is -0.380 e. The predicted molar refractivity (Wildman–Crippen MR) is 62.0 cm³/mol. The highest BCUT2D eigenvalue weighted by atomic mass is 16.5. The van der Waals surface area contributed by atoms with Gasteiger partial charge in [0.05, 0.1) is 6.61 Å². The van der Waals surface area contributed by atoms with Crippen LogP contribution in [0.25, 0.3) is 0 Å². The third-order valence-corrected chi connectivity index (χ3v) is 3.07. The molecule has 0 spiro atoms. The molecule has 2 heteroatoms. The molecule has 1 fully saturated rings. The number of hydrogen-bond acceptors (Lipinski definition) is 2. The molecule has 1 aromatic carbocycles. The molecule has 0 aromatic heterocycles. The Labute approximate surface area is 91.6 Å². The smallest absolute Gasteiger partial charge is 0.0620 e. The molecule has 1 N–H and O–H groups in total. The van der Waals surface area contributed by atoms with Crippen LogP contribution >= 0.6 is 0 Å². The van der Waals surface area contributed by atoms with Crippen LogP contribution in [0, 0.1) is 6.92 Å². The van der Waals surface area contributed by atoms with E-state index in [1.807, 2.05) is 0 Å². The van der Waals surface area contributed by atoms with Crippen LogP contribution in [0.2, 0.25) is 0 Å². The Bertz CT molecular complexity index is 318. The van der Waals surface area contributed by atoms with E-state index < -0.39 is 0 Å². The average Bonchev–Trinajstić information content (AvgIpc) is 2.71. The normalized spacial score (nSPS) is 22.9. The maximum atomic E-state index is 5.36. The van der Waals surface area contributed by atoms with Crippen molar-refractivity contribution < 1.29 is 4.74 Å². The van der Waals surface area contributed by atoms with Crippen molar-refractivity contribution in [1.29, 1.82) is 0 Å². The minimum absolute atomic E-state index is 0.415. The van der Waals surface area contributed by atoms with E-state index in [4.69, 9.17) is 4.74 Å². The largest absolute Gasteiger partial charge is 0.380 e. The van der Waals surface area contributed by atoms with E-state index in [9.17, 15) is 0 Å². The highest BCUT2D eigenvalue weighted by molar-refractivity contribution is 5.28. The molecule has 1 saturated heterocycles. The molecule has 0 bridgehead atoms. The number of benzene rings is 1. The van der Waals surface area contributed by atoms with Crippen LogP contribution in [-0.2, 0) is 4.74 Å². The Morgan fingerprint density at radius 1 is 1.40 bits per heavy atom. The lowest BCUT2D eigenvalue weighted by Crippen LogP contribution is -2.31. The minimum atomic E-state index is 0.415. The first-order valence-corrected chi connectivity index (χ1v) is 5.66. The Morgan fingerprint density at radius 2 is 2.20 bits per heavy atom. The van der Waals surface area contributed by atoms with Gasteiger partial charge >= 0.3 is 0 Å². The number of hydrogen-bond donors (Lipinski definition) is 1. The molecule has 0 aliphatic carbocycles. The van der Waals surface area contributed by atoms with Crippen LogP contribution in [0.1, 0.15) is 30.5 Å². The lowest BCUT2D eigenvalue weighted by molar-refractivity contribution is 0.188. The molecule has 1 aliphatic rings. The van der Waals surface area contributed by atoms with E-state index in [2.05, 4.69) is 43.4 Å². The zero-order valence-electron chi connectivity index (χ0n) is 9.49. The van der Waals surface area contributed by atoms with Gasteiger partial charge in [0.2, 0.25) is 0 Å². The van der Waals surface area contributed by atoms with Gasteiger partial charge < -0.3 is 10.1 Å². The molecule has 0 radical (unpaired) electrons. The van der Waals surface area contributed by atoms with Crippen molar-refractivity contribution in [2.45, 2.75) is 32.4 Å². The van der Waals surface area contributed by atoms with Gasteiger partial charge in [0.25, 0.3) is 0 Å². The van der Waals surface area contributed by atoms with Crippen LogP contribution < -0.4 is 5.32 Å². The fraction of sp³-hybridized carbons (Fsp3) is 0.538. The number of aryl methyl sites for hydroxylation is 1. The third kappa shape index (κ3) is 2.58. The van der Waals surface area contributed by atoms with Crippen molar-refractivity contribution in [3.05, 3.63) is 35.4 Å². The lowest BCUT2D eigenvalue weighted by atomic mass is 10.0. The first kappa shape index (κ1) is 10.7. The zero-order valence-corrected chi connectivity index (χ0v) is 9.49. The van der Waals surface area contributed by atoms with Crippen molar-refractivity contribution in [3.63, 3.8) is 0 Å². The molecule has 2 atom stereocenters. The van der Waals surface area contributed by atoms with E-state index in [0.29, 0.717) is 12.1 Å². The molecule has 2 rings (SSSR count). The maximum absolute atomic E-state index is 5.36. The van der Waals surface area contributed by atoms with Crippen molar-refractivity contribution in [2.75, 3.05) is 13.2 Å². The number of nitrogens with one attached hydrogen (secondary N) is 1. The van der Waals surface area contributed by atoms with Crippen LogP contribution in [-0.4, -0.2) is 19.3 Å². The predicted octanol–water partition coefficient (Wildman–Crippen LogP) is 2.43. The van der Waals surface area contributed by atoms with Gasteiger partial charge in [-0.2, -0.15) is 0 Å².